The number of nitrogens with zero attached hydrogens (tertiary/aromatic N) is 2. The molecule has 0 aliphatic heterocycles. The van der Waals surface area contributed by atoms with Crippen LogP contribution in [0.15, 0.2) is 24.5 Å². The van der Waals surface area contributed by atoms with Crippen LogP contribution < -0.4 is 0 Å². The van der Waals surface area contributed by atoms with Crippen LogP contribution in [0.4, 0.5) is 0 Å². The van der Waals surface area contributed by atoms with Crippen molar-refractivity contribution in [1.82, 2.24) is 9.55 Å². The zero-order chi connectivity index (χ0) is 10.1. The number of fused-ring (bicyclic) bond motifs is 1. The Hall–Kier alpha value is -1.31. The van der Waals surface area contributed by atoms with E-state index in [2.05, 4.69) is 42.6 Å². The van der Waals surface area contributed by atoms with Gasteiger partial charge in [-0.25, -0.2) is 4.98 Å². The topological polar surface area (TPSA) is 17.8 Å². The maximum atomic E-state index is 4.43. The summed E-state index contributed by atoms with van der Waals surface area (Å²) in [4.78, 5) is 4.43. The zero-order valence-electron chi connectivity index (χ0n) is 8.99. The predicted molar refractivity (Wildman–Crippen MR) is 59.5 cm³/mol. The average molecular weight is 188 g/mol. The van der Waals surface area contributed by atoms with Crippen LogP contribution in [0.25, 0.3) is 11.0 Å². The lowest BCUT2D eigenvalue weighted by Crippen LogP contribution is -1.99. The Morgan fingerprint density at radius 2 is 2.21 bits per heavy atom. The molecule has 0 unspecified atom stereocenters. The highest BCUT2D eigenvalue weighted by molar-refractivity contribution is 5.80. The lowest BCUT2D eigenvalue weighted by molar-refractivity contribution is 0.616. The number of hydrogen-bond acceptors (Lipinski definition) is 1. The van der Waals surface area contributed by atoms with Crippen molar-refractivity contribution in [3.63, 3.8) is 0 Å². The van der Waals surface area contributed by atoms with E-state index in [0.29, 0.717) is 6.04 Å². The molecule has 2 nitrogen and oxygen atoms in total. The third-order valence-corrected chi connectivity index (χ3v) is 2.61. The van der Waals surface area contributed by atoms with E-state index in [4.69, 9.17) is 0 Å². The van der Waals surface area contributed by atoms with E-state index in [9.17, 15) is 0 Å². The molecule has 0 aromatic carbocycles. The van der Waals surface area contributed by atoms with Crippen molar-refractivity contribution in [2.24, 2.45) is 0 Å². The van der Waals surface area contributed by atoms with Crippen molar-refractivity contribution in [3.8, 4) is 0 Å². The van der Waals surface area contributed by atoms with Crippen molar-refractivity contribution in [2.45, 2.75) is 33.2 Å². The van der Waals surface area contributed by atoms with Crippen molar-refractivity contribution in [2.75, 3.05) is 0 Å². The average Bonchev–Trinajstić information content (AvgIpc) is 2.56. The summed E-state index contributed by atoms with van der Waals surface area (Å²) in [6.07, 6.45) is 5.16. The van der Waals surface area contributed by atoms with Crippen LogP contribution in [0, 0.1) is 0 Å². The Kier molecular flexibility index (Phi) is 2.28. The van der Waals surface area contributed by atoms with Gasteiger partial charge in [0.05, 0.1) is 0 Å². The van der Waals surface area contributed by atoms with Crippen molar-refractivity contribution in [3.05, 3.63) is 30.1 Å². The Labute approximate surface area is 84.6 Å². The number of hydrogen-bond donors (Lipinski definition) is 0. The fourth-order valence-electron chi connectivity index (χ4n) is 1.83. The minimum atomic E-state index is 0.479. The van der Waals surface area contributed by atoms with Gasteiger partial charge in [0.2, 0.25) is 0 Å². The summed E-state index contributed by atoms with van der Waals surface area (Å²) in [5, 5.41) is 1.30. The summed E-state index contributed by atoms with van der Waals surface area (Å²) in [5.41, 5.74) is 2.50. The first kappa shape index (κ1) is 9.25. The molecule has 0 spiro atoms. The molecule has 0 aliphatic rings. The number of aromatic nitrogens is 2. The number of aryl methyl sites for hydroxylation is 1. The van der Waals surface area contributed by atoms with Gasteiger partial charge >= 0.3 is 0 Å². The third-order valence-electron chi connectivity index (χ3n) is 2.61. The Morgan fingerprint density at radius 1 is 1.43 bits per heavy atom. The highest BCUT2D eigenvalue weighted by Crippen LogP contribution is 2.22. The molecule has 74 valence electrons. The summed E-state index contributed by atoms with van der Waals surface area (Å²) < 4.78 is 2.24. The van der Waals surface area contributed by atoms with Gasteiger partial charge in [-0.1, -0.05) is 6.92 Å². The molecule has 2 aromatic rings. The molecule has 2 heterocycles. The van der Waals surface area contributed by atoms with Crippen LogP contribution >= 0.6 is 0 Å². The second-order valence-electron chi connectivity index (χ2n) is 3.88. The molecule has 0 atom stereocenters. The van der Waals surface area contributed by atoms with Gasteiger partial charge in [0.1, 0.15) is 5.65 Å². The molecule has 0 saturated heterocycles. The Bertz CT molecular complexity index is 441. The normalized spacial score (nSPS) is 11.4. The van der Waals surface area contributed by atoms with E-state index >= 15 is 0 Å². The first-order chi connectivity index (χ1) is 6.74. The van der Waals surface area contributed by atoms with Gasteiger partial charge in [-0.3, -0.25) is 0 Å². The van der Waals surface area contributed by atoms with E-state index in [1.807, 2.05) is 12.3 Å². The SMILES string of the molecule is CCc1cn(C(C)C)c2ncccc12. The molecule has 0 amide bonds. The fourth-order valence-corrected chi connectivity index (χ4v) is 1.83. The second kappa shape index (κ2) is 3.45. The molecule has 0 fully saturated rings. The van der Waals surface area contributed by atoms with Gasteiger partial charge in [0.25, 0.3) is 0 Å². The molecule has 0 N–H and O–H groups in total. The first-order valence-corrected chi connectivity index (χ1v) is 5.18. The molecule has 0 bridgehead atoms. The lowest BCUT2D eigenvalue weighted by Gasteiger charge is -2.07. The van der Waals surface area contributed by atoms with Crippen molar-refractivity contribution >= 4 is 11.0 Å². The fraction of sp³-hybridized carbons (Fsp3) is 0.417. The second-order valence-corrected chi connectivity index (χ2v) is 3.88. The van der Waals surface area contributed by atoms with Gasteiger partial charge in [-0.2, -0.15) is 0 Å². The van der Waals surface area contributed by atoms with Crippen LogP contribution in [0.5, 0.6) is 0 Å². The van der Waals surface area contributed by atoms with Crippen LogP contribution in [-0.2, 0) is 6.42 Å². The lowest BCUT2D eigenvalue weighted by atomic mass is 10.2. The van der Waals surface area contributed by atoms with Crippen molar-refractivity contribution in [1.29, 1.82) is 0 Å². The zero-order valence-corrected chi connectivity index (χ0v) is 8.99. The van der Waals surface area contributed by atoms with E-state index in [1.165, 1.54) is 10.9 Å². The molecule has 2 heteroatoms. The quantitative estimate of drug-likeness (QED) is 0.707. The molecule has 14 heavy (non-hydrogen) atoms. The van der Waals surface area contributed by atoms with E-state index in [-0.39, 0.29) is 0 Å². The molecule has 0 aliphatic carbocycles. The van der Waals surface area contributed by atoms with Gasteiger partial charge in [0, 0.05) is 23.8 Å². The highest BCUT2D eigenvalue weighted by atomic mass is 15.0. The minimum Gasteiger partial charge on any atom is -0.330 e. The summed E-state index contributed by atoms with van der Waals surface area (Å²) >= 11 is 0. The molecule has 2 rings (SSSR count). The van der Waals surface area contributed by atoms with Gasteiger partial charge in [-0.05, 0) is 38.0 Å². The number of pyridine rings is 1. The smallest absolute Gasteiger partial charge is 0.140 e. The Balaban J connectivity index is 2.73. The van der Waals surface area contributed by atoms with Gasteiger partial charge in [0.15, 0.2) is 0 Å². The van der Waals surface area contributed by atoms with Crippen LogP contribution in [0.1, 0.15) is 32.4 Å². The number of rotatable bonds is 2. The minimum absolute atomic E-state index is 0.479. The monoisotopic (exact) mass is 188 g/mol. The van der Waals surface area contributed by atoms with Crippen molar-refractivity contribution < 1.29 is 0 Å². The molecule has 0 saturated carbocycles. The first-order valence-electron chi connectivity index (χ1n) is 5.18. The van der Waals surface area contributed by atoms with E-state index in [0.717, 1.165) is 12.1 Å². The molecule has 0 radical (unpaired) electrons. The molecule has 2 aromatic heterocycles. The van der Waals surface area contributed by atoms with Gasteiger partial charge < -0.3 is 4.57 Å². The van der Waals surface area contributed by atoms with E-state index in [1.54, 1.807) is 0 Å². The Morgan fingerprint density at radius 3 is 2.86 bits per heavy atom. The molecular formula is C12H16N2. The molecular weight excluding hydrogens is 172 g/mol. The standard InChI is InChI=1S/C12H16N2/c1-4-10-8-14(9(2)3)12-11(10)6-5-7-13-12/h5-9H,4H2,1-3H3. The maximum absolute atomic E-state index is 4.43. The maximum Gasteiger partial charge on any atom is 0.140 e. The largest absolute Gasteiger partial charge is 0.330 e. The van der Waals surface area contributed by atoms with E-state index < -0.39 is 0 Å². The predicted octanol–water partition coefficient (Wildman–Crippen LogP) is 3.18. The van der Waals surface area contributed by atoms with Crippen LogP contribution in [0.3, 0.4) is 0 Å². The van der Waals surface area contributed by atoms with Crippen LogP contribution in [-0.4, -0.2) is 9.55 Å². The highest BCUT2D eigenvalue weighted by Gasteiger charge is 2.09. The third kappa shape index (κ3) is 1.31. The summed E-state index contributed by atoms with van der Waals surface area (Å²) in [7, 11) is 0. The summed E-state index contributed by atoms with van der Waals surface area (Å²) in [5.74, 6) is 0. The summed E-state index contributed by atoms with van der Waals surface area (Å²) in [6, 6.07) is 4.64. The van der Waals surface area contributed by atoms with Gasteiger partial charge in [-0.15, -0.1) is 0 Å². The van der Waals surface area contributed by atoms with Crippen LogP contribution in [0.2, 0.25) is 0 Å². The summed E-state index contributed by atoms with van der Waals surface area (Å²) in [6.45, 7) is 6.56.